The van der Waals surface area contributed by atoms with Gasteiger partial charge in [-0.25, -0.2) is 9.78 Å². The van der Waals surface area contributed by atoms with E-state index in [0.717, 1.165) is 53.5 Å². The summed E-state index contributed by atoms with van der Waals surface area (Å²) in [5.74, 6) is -0.140. The molecule has 2 aliphatic heterocycles. The fraction of sp³-hybridized carbons (Fsp3) is 0.483. The molecule has 10 heteroatoms. The molecule has 1 fully saturated rings. The van der Waals surface area contributed by atoms with Crippen molar-refractivity contribution in [1.29, 1.82) is 0 Å². The maximum atomic E-state index is 12.7. The lowest BCUT2D eigenvalue weighted by molar-refractivity contribution is -0.143. The fourth-order valence-electron chi connectivity index (χ4n) is 6.58. The number of aromatic nitrogens is 2. The number of fused-ring (bicyclic) bond motifs is 4. The number of ether oxygens (including phenoxy) is 2. The van der Waals surface area contributed by atoms with Crippen LogP contribution in [0, 0.1) is 5.92 Å². The second-order valence-corrected chi connectivity index (χ2v) is 11.3. The van der Waals surface area contributed by atoms with E-state index in [1.807, 2.05) is 29.7 Å². The van der Waals surface area contributed by atoms with Gasteiger partial charge in [-0.3, -0.25) is 9.69 Å². The molecule has 1 aliphatic carbocycles. The quantitative estimate of drug-likeness (QED) is 0.443. The summed E-state index contributed by atoms with van der Waals surface area (Å²) >= 11 is 6.52. The van der Waals surface area contributed by atoms with Crippen LogP contribution in [0.15, 0.2) is 24.3 Å². The number of aryl methyl sites for hydroxylation is 1. The first-order valence-electron chi connectivity index (χ1n) is 13.5. The summed E-state index contributed by atoms with van der Waals surface area (Å²) < 4.78 is 12.8. The molecule has 0 radical (unpaired) electrons. The van der Waals surface area contributed by atoms with E-state index < -0.39 is 24.1 Å². The number of hydrogen-bond acceptors (Lipinski definition) is 6. The number of imidazole rings is 1. The predicted molar refractivity (Wildman–Crippen MR) is 146 cm³/mol. The summed E-state index contributed by atoms with van der Waals surface area (Å²) in [5, 5.41) is 22.0. The molecule has 206 valence electrons. The monoisotopic (exact) mass is 553 g/mol. The Morgan fingerprint density at radius 2 is 2.03 bits per heavy atom. The fourth-order valence-corrected chi connectivity index (χ4v) is 6.89. The number of nitrogens with zero attached hydrogens (tertiary/aromatic N) is 3. The van der Waals surface area contributed by atoms with Crippen LogP contribution >= 0.6 is 11.6 Å². The van der Waals surface area contributed by atoms with Gasteiger partial charge in [0.1, 0.15) is 17.7 Å². The smallest absolute Gasteiger partial charge is 0.414 e. The van der Waals surface area contributed by atoms with Gasteiger partial charge in [-0.05, 0) is 74.4 Å². The van der Waals surface area contributed by atoms with Gasteiger partial charge in [0, 0.05) is 24.1 Å². The molecule has 1 amide bonds. The van der Waals surface area contributed by atoms with Crippen molar-refractivity contribution >= 4 is 40.4 Å². The zero-order valence-electron chi connectivity index (χ0n) is 22.0. The van der Waals surface area contributed by atoms with E-state index in [4.69, 9.17) is 26.1 Å². The van der Waals surface area contributed by atoms with Crippen molar-refractivity contribution in [2.24, 2.45) is 5.92 Å². The minimum atomic E-state index is -1.08. The highest BCUT2D eigenvalue weighted by Crippen LogP contribution is 2.43. The van der Waals surface area contributed by atoms with Gasteiger partial charge < -0.3 is 24.3 Å². The molecule has 6 rings (SSSR count). The summed E-state index contributed by atoms with van der Waals surface area (Å²) in [7, 11) is 1.37. The van der Waals surface area contributed by atoms with Crippen LogP contribution in [0.2, 0.25) is 5.02 Å². The second-order valence-electron chi connectivity index (χ2n) is 10.8. The van der Waals surface area contributed by atoms with Gasteiger partial charge in [-0.2, -0.15) is 0 Å². The maximum absolute atomic E-state index is 12.7. The number of carboxylic acid groups (broad SMARTS) is 1. The van der Waals surface area contributed by atoms with Gasteiger partial charge in [0.15, 0.2) is 0 Å². The minimum absolute atomic E-state index is 0.0278. The molecule has 0 saturated heterocycles. The molecule has 3 unspecified atom stereocenters. The van der Waals surface area contributed by atoms with E-state index in [1.54, 1.807) is 11.0 Å². The molecule has 0 bridgehead atoms. The van der Waals surface area contributed by atoms with Gasteiger partial charge in [0.2, 0.25) is 0 Å². The minimum Gasteiger partial charge on any atom is -0.491 e. The third-order valence-electron chi connectivity index (χ3n) is 8.54. The largest absolute Gasteiger partial charge is 0.491 e. The number of halogens is 1. The van der Waals surface area contributed by atoms with E-state index in [9.17, 15) is 19.8 Å². The Labute approximate surface area is 231 Å². The SMILES string of the molecule is COC(=O)N1c2ccc3c(nc(C(O)c4cc(Cl)c5c(c4)CCO5)n3C3CCCC(C(=O)O)C3)c2CC[C@@H]1C. The van der Waals surface area contributed by atoms with Crippen molar-refractivity contribution in [3.05, 3.63) is 51.8 Å². The molecule has 3 aliphatic rings. The number of carbonyl (C=O) groups is 2. The number of amides is 1. The third kappa shape index (κ3) is 4.32. The summed E-state index contributed by atoms with van der Waals surface area (Å²) in [6, 6.07) is 7.32. The number of hydrogen-bond donors (Lipinski definition) is 2. The average molecular weight is 554 g/mol. The molecular weight excluding hydrogens is 522 g/mol. The van der Waals surface area contributed by atoms with E-state index >= 15 is 0 Å². The van der Waals surface area contributed by atoms with E-state index in [-0.39, 0.29) is 12.1 Å². The Balaban J connectivity index is 1.53. The highest BCUT2D eigenvalue weighted by atomic mass is 35.5. The number of aliphatic hydroxyl groups is 1. The molecular formula is C29H32ClN3O6. The van der Waals surface area contributed by atoms with Crippen molar-refractivity contribution in [3.63, 3.8) is 0 Å². The van der Waals surface area contributed by atoms with Crippen LogP contribution < -0.4 is 9.64 Å². The Bertz CT molecular complexity index is 1470. The highest BCUT2D eigenvalue weighted by molar-refractivity contribution is 6.32. The molecule has 3 aromatic rings. The van der Waals surface area contributed by atoms with E-state index in [1.165, 1.54) is 7.11 Å². The van der Waals surface area contributed by atoms with Crippen molar-refractivity contribution < 1.29 is 29.3 Å². The van der Waals surface area contributed by atoms with Gasteiger partial charge >= 0.3 is 12.1 Å². The van der Waals surface area contributed by atoms with Crippen molar-refractivity contribution in [2.45, 2.75) is 70.1 Å². The zero-order chi connectivity index (χ0) is 27.4. The predicted octanol–water partition coefficient (Wildman–Crippen LogP) is 5.43. The summed E-state index contributed by atoms with van der Waals surface area (Å²) in [5.41, 5.74) is 4.79. The number of methoxy groups -OCH3 is 1. The first-order valence-corrected chi connectivity index (χ1v) is 13.9. The lowest BCUT2D eigenvalue weighted by Gasteiger charge is -2.34. The molecule has 2 aromatic carbocycles. The Morgan fingerprint density at radius 1 is 1.21 bits per heavy atom. The third-order valence-corrected chi connectivity index (χ3v) is 8.82. The lowest BCUT2D eigenvalue weighted by atomic mass is 9.85. The van der Waals surface area contributed by atoms with Crippen LogP contribution in [0.25, 0.3) is 11.0 Å². The molecule has 39 heavy (non-hydrogen) atoms. The highest BCUT2D eigenvalue weighted by Gasteiger charge is 2.36. The molecule has 9 nitrogen and oxygen atoms in total. The van der Waals surface area contributed by atoms with E-state index in [0.29, 0.717) is 48.0 Å². The van der Waals surface area contributed by atoms with Crippen LogP contribution in [-0.2, 0) is 22.4 Å². The van der Waals surface area contributed by atoms with Crippen LogP contribution in [0.4, 0.5) is 10.5 Å². The Kier molecular flexibility index (Phi) is 6.67. The Hall–Kier alpha value is -3.30. The molecule has 3 heterocycles. The summed E-state index contributed by atoms with van der Waals surface area (Å²) in [4.78, 5) is 31.3. The first-order chi connectivity index (χ1) is 18.8. The van der Waals surface area contributed by atoms with Crippen molar-refractivity contribution in [3.8, 4) is 5.75 Å². The van der Waals surface area contributed by atoms with Crippen molar-refractivity contribution in [1.82, 2.24) is 9.55 Å². The van der Waals surface area contributed by atoms with Crippen LogP contribution in [0.5, 0.6) is 5.75 Å². The maximum Gasteiger partial charge on any atom is 0.414 e. The molecule has 4 atom stereocenters. The number of carboxylic acids is 1. The second kappa shape index (κ2) is 10.0. The Morgan fingerprint density at radius 3 is 2.79 bits per heavy atom. The number of benzene rings is 2. The molecule has 2 N–H and O–H groups in total. The van der Waals surface area contributed by atoms with Gasteiger partial charge in [-0.15, -0.1) is 0 Å². The number of rotatable bonds is 4. The van der Waals surface area contributed by atoms with Gasteiger partial charge in [0.25, 0.3) is 0 Å². The summed E-state index contributed by atoms with van der Waals surface area (Å²) in [6.45, 7) is 2.54. The molecule has 1 saturated carbocycles. The molecule has 1 aromatic heterocycles. The first kappa shape index (κ1) is 26.0. The normalized spacial score (nSPS) is 23.2. The van der Waals surface area contributed by atoms with E-state index in [2.05, 4.69) is 0 Å². The van der Waals surface area contributed by atoms with Crippen LogP contribution in [0.3, 0.4) is 0 Å². The van der Waals surface area contributed by atoms with Gasteiger partial charge in [-0.1, -0.05) is 18.0 Å². The summed E-state index contributed by atoms with van der Waals surface area (Å²) in [6.07, 6.45) is 3.34. The number of carbonyl (C=O) groups excluding carboxylic acids is 1. The molecule has 0 spiro atoms. The topological polar surface area (TPSA) is 114 Å². The number of aliphatic carboxylic acids is 1. The standard InChI is InChI=1S/C29H32ClN3O6/c1-15-6-7-20-22(32(15)29(37)38-2)8-9-23-24(20)31-27(33(23)19-5-3-4-17(13-19)28(35)36)25(34)18-12-16-10-11-39-26(16)21(30)14-18/h8-9,12,14-15,17,19,25,34H,3-7,10-11,13H2,1-2H3,(H,35,36)/t15-,17?,19?,25?/m0/s1. The average Bonchev–Trinajstić information content (AvgIpc) is 3.57. The van der Waals surface area contributed by atoms with Crippen LogP contribution in [-0.4, -0.2) is 51.6 Å². The van der Waals surface area contributed by atoms with Gasteiger partial charge in [0.05, 0.1) is 41.4 Å². The lowest BCUT2D eigenvalue weighted by Crippen LogP contribution is -2.42. The zero-order valence-corrected chi connectivity index (χ0v) is 22.8. The number of aliphatic hydroxyl groups excluding tert-OH is 1. The van der Waals surface area contributed by atoms with Crippen LogP contribution in [0.1, 0.15) is 73.7 Å². The number of anilines is 1. The van der Waals surface area contributed by atoms with Crippen molar-refractivity contribution in [2.75, 3.05) is 18.6 Å².